The lowest BCUT2D eigenvalue weighted by Crippen LogP contribution is -2.33. The van der Waals surface area contributed by atoms with Gasteiger partial charge in [0.1, 0.15) is 5.02 Å². The molecule has 0 saturated heterocycles. The predicted octanol–water partition coefficient (Wildman–Crippen LogP) is 4.21. The number of anilines is 1. The van der Waals surface area contributed by atoms with Gasteiger partial charge in [-0.3, -0.25) is 9.48 Å². The molecule has 0 fully saturated rings. The minimum absolute atomic E-state index is 0.00912. The summed E-state index contributed by atoms with van der Waals surface area (Å²) in [4.78, 5) is 25.9. The van der Waals surface area contributed by atoms with Crippen LogP contribution < -0.4 is 10.5 Å². The average molecular weight is 612 g/mol. The third-order valence-corrected chi connectivity index (χ3v) is 7.51. The second kappa shape index (κ2) is 9.22. The molecule has 174 valence electrons. The van der Waals surface area contributed by atoms with Crippen molar-refractivity contribution in [1.82, 2.24) is 19.3 Å². The molecule has 8 nitrogen and oxygen atoms in total. The number of halogens is 5. The number of carboxylic acid groups (broad SMARTS) is 1. The Hall–Kier alpha value is -2.18. The van der Waals surface area contributed by atoms with Crippen LogP contribution in [0.25, 0.3) is 0 Å². The van der Waals surface area contributed by atoms with Crippen LogP contribution in [0.5, 0.6) is 0 Å². The number of benzene rings is 1. The number of carbonyl (C=O) groups is 1. The molecule has 1 unspecified atom stereocenters. The Labute approximate surface area is 204 Å². The summed E-state index contributed by atoms with van der Waals surface area (Å²) in [5.74, 6) is -1.29. The maximum atomic E-state index is 13.4. The Balaban J connectivity index is 1.72. The first-order chi connectivity index (χ1) is 15.6. The van der Waals surface area contributed by atoms with Crippen LogP contribution in [0.2, 0.25) is 5.02 Å². The fraction of sp³-hybridized carbons (Fsp3) is 0.263. The van der Waals surface area contributed by atoms with Gasteiger partial charge in [-0.2, -0.15) is 23.4 Å². The molecule has 1 aromatic carbocycles. The van der Waals surface area contributed by atoms with Gasteiger partial charge in [-0.25, -0.2) is 9.25 Å². The fourth-order valence-electron chi connectivity index (χ4n) is 3.80. The fourth-order valence-corrected chi connectivity index (χ4v) is 5.44. The van der Waals surface area contributed by atoms with E-state index in [2.05, 4.69) is 10.2 Å². The van der Waals surface area contributed by atoms with Crippen LogP contribution in [-0.4, -0.2) is 37.0 Å². The first-order valence-electron chi connectivity index (χ1n) is 9.48. The van der Waals surface area contributed by atoms with Gasteiger partial charge < -0.3 is 10.0 Å². The molecular formula is C19H15ClF3IN5O3P. The number of aromatic carboxylic acids is 1. The maximum absolute atomic E-state index is 13.4. The highest BCUT2D eigenvalue weighted by molar-refractivity contribution is 14.2. The Morgan fingerprint density at radius 1 is 1.30 bits per heavy atom. The highest BCUT2D eigenvalue weighted by atomic mass is 127. The molecule has 14 heteroatoms. The summed E-state index contributed by atoms with van der Waals surface area (Å²) in [6.07, 6.45) is -2.72. The van der Waals surface area contributed by atoms with E-state index in [4.69, 9.17) is 11.6 Å². The van der Waals surface area contributed by atoms with E-state index in [-0.39, 0.29) is 35.7 Å². The van der Waals surface area contributed by atoms with Crippen LogP contribution in [0.3, 0.4) is 0 Å². The van der Waals surface area contributed by atoms with Crippen LogP contribution >= 0.6 is 40.0 Å². The lowest BCUT2D eigenvalue weighted by molar-refractivity contribution is -0.138. The van der Waals surface area contributed by atoms with Crippen LogP contribution in [-0.2, 0) is 25.7 Å². The van der Waals surface area contributed by atoms with E-state index in [0.717, 1.165) is 6.07 Å². The average Bonchev–Trinajstić information content (AvgIpc) is 3.13. The molecule has 0 bridgehead atoms. The highest BCUT2D eigenvalue weighted by Gasteiger charge is 2.34. The number of hydrogen-bond acceptors (Lipinski definition) is 5. The van der Waals surface area contributed by atoms with Crippen molar-refractivity contribution in [3.63, 3.8) is 0 Å². The molecule has 1 N–H and O–H groups in total. The van der Waals surface area contributed by atoms with E-state index in [1.165, 1.54) is 33.5 Å². The zero-order valence-electron chi connectivity index (χ0n) is 16.6. The zero-order valence-corrected chi connectivity index (χ0v) is 20.5. The Kier molecular flexibility index (Phi) is 6.70. The summed E-state index contributed by atoms with van der Waals surface area (Å²) in [5, 5.41) is 17.8. The van der Waals surface area contributed by atoms with Crippen molar-refractivity contribution in [2.24, 2.45) is 0 Å². The summed E-state index contributed by atoms with van der Waals surface area (Å²) in [7, 11) is 0. The van der Waals surface area contributed by atoms with Gasteiger partial charge in [-0.15, -0.1) is 0 Å². The topological polar surface area (TPSA) is 93.2 Å². The van der Waals surface area contributed by atoms with Crippen molar-refractivity contribution in [2.45, 2.75) is 25.7 Å². The molecule has 0 spiro atoms. The van der Waals surface area contributed by atoms with Crippen molar-refractivity contribution >= 4 is 51.7 Å². The molecule has 1 atom stereocenters. The summed E-state index contributed by atoms with van der Waals surface area (Å²) < 4.78 is 42.8. The van der Waals surface area contributed by atoms with Gasteiger partial charge in [0.2, 0.25) is 0 Å². The number of hydrogen-bond donors (Lipinski definition) is 1. The second-order valence-electron chi connectivity index (χ2n) is 7.21. The summed E-state index contributed by atoms with van der Waals surface area (Å²) >= 11 is 8.26. The molecule has 0 aliphatic carbocycles. The number of carboxylic acids is 1. The summed E-state index contributed by atoms with van der Waals surface area (Å²) in [5.41, 5.74) is -0.232. The Bertz CT molecular complexity index is 1300. The number of rotatable bonds is 5. The van der Waals surface area contributed by atoms with Gasteiger partial charge in [0.15, 0.2) is 5.69 Å². The number of alkyl halides is 3. The first-order valence-corrected chi connectivity index (χ1v) is 13.9. The lowest BCUT2D eigenvalue weighted by atomic mass is 10.0. The molecule has 3 aromatic rings. The highest BCUT2D eigenvalue weighted by Crippen LogP contribution is 2.34. The molecule has 3 heterocycles. The summed E-state index contributed by atoms with van der Waals surface area (Å²) in [6, 6.07) is 5.13. The number of nitrogens with zero attached hydrogens (tertiary/aromatic N) is 5. The standard InChI is InChI=1S/C19H15ClF3IN5O3P/c20-15-14(7-25-29(33-24)17(15)30)27-6-5-13-11(9-27)16(18(31)32)26-28(13)8-10-3-1-2-4-12(10)19(21,22)23/h1-4,7,33H,5-6,8-9H2,(H,31,32). The lowest BCUT2D eigenvalue weighted by Gasteiger charge is -2.30. The Morgan fingerprint density at radius 3 is 2.70 bits per heavy atom. The largest absolute Gasteiger partial charge is 0.476 e. The number of fused-ring (bicyclic) bond motifs is 1. The van der Waals surface area contributed by atoms with Crippen LogP contribution in [0.15, 0.2) is 35.3 Å². The van der Waals surface area contributed by atoms with E-state index in [9.17, 15) is 27.9 Å². The SMILES string of the molecule is O=C(O)c1nn(Cc2ccccc2C(F)(F)F)c2c1CN(c1cnn(PI)c(=O)c1Cl)CC2. The molecular weight excluding hydrogens is 597 g/mol. The Morgan fingerprint density at radius 2 is 2.03 bits per heavy atom. The molecule has 1 aliphatic heterocycles. The van der Waals surface area contributed by atoms with Crippen molar-refractivity contribution in [2.75, 3.05) is 11.4 Å². The van der Waals surface area contributed by atoms with Crippen molar-refractivity contribution < 1.29 is 23.1 Å². The van der Waals surface area contributed by atoms with Gasteiger partial charge in [0.25, 0.3) is 5.56 Å². The molecule has 0 radical (unpaired) electrons. The minimum Gasteiger partial charge on any atom is -0.476 e. The van der Waals surface area contributed by atoms with Crippen molar-refractivity contribution in [3.05, 3.63) is 73.9 Å². The van der Waals surface area contributed by atoms with Gasteiger partial charge in [0, 0.05) is 30.8 Å². The van der Waals surface area contributed by atoms with E-state index >= 15 is 0 Å². The molecule has 33 heavy (non-hydrogen) atoms. The van der Waals surface area contributed by atoms with Gasteiger partial charge >= 0.3 is 12.1 Å². The van der Waals surface area contributed by atoms with E-state index in [0.29, 0.717) is 29.9 Å². The smallest absolute Gasteiger partial charge is 0.416 e. The van der Waals surface area contributed by atoms with Crippen LogP contribution in [0, 0.1) is 0 Å². The van der Waals surface area contributed by atoms with Crippen LogP contribution in [0.1, 0.15) is 32.9 Å². The minimum atomic E-state index is -4.54. The first kappa shape index (κ1) is 24.0. The maximum Gasteiger partial charge on any atom is 0.416 e. The normalized spacial score (nSPS) is 14.2. The van der Waals surface area contributed by atoms with Gasteiger partial charge in [-0.1, -0.05) is 29.8 Å². The van der Waals surface area contributed by atoms with Gasteiger partial charge in [-0.05, 0) is 33.7 Å². The third-order valence-electron chi connectivity index (χ3n) is 5.30. The molecule has 0 saturated carbocycles. The second-order valence-corrected chi connectivity index (χ2v) is 9.63. The van der Waals surface area contributed by atoms with E-state index < -0.39 is 23.3 Å². The van der Waals surface area contributed by atoms with E-state index in [1.54, 1.807) is 4.90 Å². The van der Waals surface area contributed by atoms with Crippen molar-refractivity contribution in [1.29, 1.82) is 0 Å². The molecule has 2 aromatic heterocycles. The molecule has 4 rings (SSSR count). The third kappa shape index (κ3) is 4.60. The molecule has 1 aliphatic rings. The predicted molar refractivity (Wildman–Crippen MR) is 126 cm³/mol. The monoisotopic (exact) mass is 611 g/mol. The van der Waals surface area contributed by atoms with Crippen LogP contribution in [0.4, 0.5) is 18.9 Å². The quantitative estimate of drug-likeness (QED) is 0.343. The zero-order chi connectivity index (χ0) is 23.9. The van der Waals surface area contributed by atoms with Gasteiger partial charge in [0.05, 0.1) is 30.4 Å². The van der Waals surface area contributed by atoms with E-state index in [1.807, 2.05) is 22.0 Å². The number of aromatic nitrogens is 4. The molecule has 0 amide bonds. The summed E-state index contributed by atoms with van der Waals surface area (Å²) in [6.45, 7) is 0.214. The van der Waals surface area contributed by atoms with Crippen molar-refractivity contribution in [3.8, 4) is 0 Å².